The number of benzene rings is 1. The second-order valence-electron chi connectivity index (χ2n) is 6.58. The normalized spacial score (nSPS) is 20.0. The summed E-state index contributed by atoms with van der Waals surface area (Å²) in [5.41, 5.74) is 1.18. The molecule has 2 aliphatic heterocycles. The summed E-state index contributed by atoms with van der Waals surface area (Å²) in [6, 6.07) is 7.42. The third-order valence-corrected chi connectivity index (χ3v) is 5.10. The molecule has 2 fully saturated rings. The molecule has 2 aliphatic rings. The van der Waals surface area contributed by atoms with Crippen molar-refractivity contribution in [2.45, 2.75) is 19.3 Å². The van der Waals surface area contributed by atoms with E-state index in [2.05, 4.69) is 5.32 Å². The zero-order chi connectivity index (χ0) is 16.1. The molecule has 2 heterocycles. The first-order valence-corrected chi connectivity index (χ1v) is 8.44. The minimum Gasteiger partial charge on any atom is -0.491 e. The molecule has 0 atom stereocenters. The van der Waals surface area contributed by atoms with Crippen molar-refractivity contribution in [1.29, 1.82) is 0 Å². The molecule has 126 valence electrons. The Morgan fingerprint density at radius 2 is 1.91 bits per heavy atom. The molecule has 1 aromatic carbocycles. The highest BCUT2D eigenvalue weighted by Gasteiger charge is 2.38. The van der Waals surface area contributed by atoms with Gasteiger partial charge in [-0.25, -0.2) is 0 Å². The molecule has 0 aromatic heterocycles. The van der Waals surface area contributed by atoms with Crippen molar-refractivity contribution in [3.63, 3.8) is 0 Å². The van der Waals surface area contributed by atoms with Crippen LogP contribution in [0.5, 0.6) is 5.75 Å². The van der Waals surface area contributed by atoms with Gasteiger partial charge in [0.25, 0.3) is 5.91 Å². The third-order valence-electron chi connectivity index (χ3n) is 5.10. The number of hydrogen-bond donors (Lipinski definition) is 1. The minimum atomic E-state index is 0.134. The average molecular weight is 318 g/mol. The zero-order valence-corrected chi connectivity index (χ0v) is 13.8. The maximum atomic E-state index is 12.6. The lowest BCUT2D eigenvalue weighted by atomic mass is 9.78. The maximum absolute atomic E-state index is 12.6. The van der Waals surface area contributed by atoms with Crippen LogP contribution in [0, 0.1) is 5.41 Å². The number of hydrogen-bond acceptors (Lipinski definition) is 4. The molecular formula is C18H26N2O3. The zero-order valence-electron chi connectivity index (χ0n) is 13.8. The first-order valence-electron chi connectivity index (χ1n) is 8.44. The van der Waals surface area contributed by atoms with E-state index in [4.69, 9.17) is 9.47 Å². The van der Waals surface area contributed by atoms with Crippen LogP contribution in [0.15, 0.2) is 24.3 Å². The smallest absolute Gasteiger partial charge is 0.253 e. The number of nitrogens with one attached hydrogen (secondary N) is 1. The number of rotatable bonds is 5. The van der Waals surface area contributed by atoms with E-state index in [1.807, 2.05) is 29.2 Å². The lowest BCUT2D eigenvalue weighted by molar-refractivity contribution is 0.0607. The number of carbonyl (C=O) groups is 1. The fourth-order valence-corrected chi connectivity index (χ4v) is 3.53. The van der Waals surface area contributed by atoms with Gasteiger partial charge in [0.2, 0.25) is 0 Å². The van der Waals surface area contributed by atoms with Crippen LogP contribution in [-0.4, -0.2) is 57.3 Å². The summed E-state index contributed by atoms with van der Waals surface area (Å²) in [6.07, 6.45) is 3.48. The SMILES string of the molecule is COCCOc1ccc(C(=O)N2CCC3(CCNC3)CC2)cc1. The lowest BCUT2D eigenvalue weighted by Crippen LogP contribution is -2.44. The Morgan fingerprint density at radius 1 is 1.17 bits per heavy atom. The van der Waals surface area contributed by atoms with Crippen molar-refractivity contribution in [2.24, 2.45) is 5.41 Å². The summed E-state index contributed by atoms with van der Waals surface area (Å²) in [6.45, 7) is 5.05. The molecule has 1 amide bonds. The van der Waals surface area contributed by atoms with E-state index in [9.17, 15) is 4.79 Å². The average Bonchev–Trinajstić information content (AvgIpc) is 3.04. The Morgan fingerprint density at radius 3 is 2.52 bits per heavy atom. The number of methoxy groups -OCH3 is 1. The summed E-state index contributed by atoms with van der Waals surface area (Å²) < 4.78 is 10.5. The van der Waals surface area contributed by atoms with E-state index >= 15 is 0 Å². The summed E-state index contributed by atoms with van der Waals surface area (Å²) >= 11 is 0. The van der Waals surface area contributed by atoms with E-state index in [-0.39, 0.29) is 5.91 Å². The molecule has 0 aliphatic carbocycles. The van der Waals surface area contributed by atoms with Crippen LogP contribution in [0.3, 0.4) is 0 Å². The van der Waals surface area contributed by atoms with Crippen LogP contribution >= 0.6 is 0 Å². The molecule has 0 radical (unpaired) electrons. The number of piperidine rings is 1. The van der Waals surface area contributed by atoms with Crippen molar-refractivity contribution < 1.29 is 14.3 Å². The van der Waals surface area contributed by atoms with Crippen molar-refractivity contribution in [1.82, 2.24) is 10.2 Å². The topological polar surface area (TPSA) is 50.8 Å². The summed E-state index contributed by atoms with van der Waals surface area (Å²) in [5.74, 6) is 0.905. The summed E-state index contributed by atoms with van der Waals surface area (Å²) in [5, 5.41) is 3.46. The maximum Gasteiger partial charge on any atom is 0.253 e. The Labute approximate surface area is 137 Å². The fraction of sp³-hybridized carbons (Fsp3) is 0.611. The molecule has 3 rings (SSSR count). The van der Waals surface area contributed by atoms with E-state index in [0.717, 1.165) is 50.3 Å². The minimum absolute atomic E-state index is 0.134. The number of amides is 1. The highest BCUT2D eigenvalue weighted by Crippen LogP contribution is 2.37. The molecule has 0 saturated carbocycles. The Balaban J connectivity index is 1.54. The van der Waals surface area contributed by atoms with E-state index in [1.165, 1.54) is 6.42 Å². The van der Waals surface area contributed by atoms with Crippen LogP contribution < -0.4 is 10.1 Å². The molecule has 1 spiro atoms. The van der Waals surface area contributed by atoms with Crippen LogP contribution in [0.4, 0.5) is 0 Å². The van der Waals surface area contributed by atoms with Crippen LogP contribution in [-0.2, 0) is 4.74 Å². The molecule has 5 nitrogen and oxygen atoms in total. The van der Waals surface area contributed by atoms with Gasteiger partial charge in [-0.2, -0.15) is 0 Å². The van der Waals surface area contributed by atoms with Crippen LogP contribution in [0.25, 0.3) is 0 Å². The third kappa shape index (κ3) is 3.85. The first kappa shape index (κ1) is 16.3. The molecule has 2 saturated heterocycles. The monoisotopic (exact) mass is 318 g/mol. The molecular weight excluding hydrogens is 292 g/mol. The summed E-state index contributed by atoms with van der Waals surface area (Å²) in [7, 11) is 1.65. The molecule has 1 N–H and O–H groups in total. The number of likely N-dealkylation sites (tertiary alicyclic amines) is 1. The molecule has 0 unspecified atom stereocenters. The van der Waals surface area contributed by atoms with Crippen molar-refractivity contribution in [3.8, 4) is 5.75 Å². The molecule has 1 aromatic rings. The van der Waals surface area contributed by atoms with Gasteiger partial charge in [0.05, 0.1) is 6.61 Å². The number of nitrogens with zero attached hydrogens (tertiary/aromatic N) is 1. The predicted molar refractivity (Wildman–Crippen MR) is 88.9 cm³/mol. The van der Waals surface area contributed by atoms with Gasteiger partial charge < -0.3 is 19.7 Å². The second kappa shape index (κ2) is 7.32. The fourth-order valence-electron chi connectivity index (χ4n) is 3.53. The van der Waals surface area contributed by atoms with Crippen LogP contribution in [0.2, 0.25) is 0 Å². The Kier molecular flexibility index (Phi) is 5.18. The largest absolute Gasteiger partial charge is 0.491 e. The van der Waals surface area contributed by atoms with Gasteiger partial charge in [-0.05, 0) is 55.5 Å². The van der Waals surface area contributed by atoms with Crippen molar-refractivity contribution in [3.05, 3.63) is 29.8 Å². The highest BCUT2D eigenvalue weighted by molar-refractivity contribution is 5.94. The highest BCUT2D eigenvalue weighted by atomic mass is 16.5. The van der Waals surface area contributed by atoms with Gasteiger partial charge in [0.1, 0.15) is 12.4 Å². The van der Waals surface area contributed by atoms with Gasteiger partial charge in [0.15, 0.2) is 0 Å². The Bertz CT molecular complexity index is 514. The molecule has 0 bridgehead atoms. The van der Waals surface area contributed by atoms with Gasteiger partial charge in [-0.3, -0.25) is 4.79 Å². The van der Waals surface area contributed by atoms with Crippen LogP contribution in [0.1, 0.15) is 29.6 Å². The Hall–Kier alpha value is -1.59. The first-order chi connectivity index (χ1) is 11.2. The standard InChI is InChI=1S/C18H26N2O3/c1-22-12-13-23-16-4-2-15(3-5-16)17(21)20-10-7-18(8-11-20)6-9-19-14-18/h2-5,19H,6-14H2,1H3. The van der Waals surface area contributed by atoms with Crippen molar-refractivity contribution in [2.75, 3.05) is 46.5 Å². The molecule has 23 heavy (non-hydrogen) atoms. The van der Waals surface area contributed by atoms with Gasteiger partial charge in [-0.1, -0.05) is 0 Å². The van der Waals surface area contributed by atoms with E-state index in [1.54, 1.807) is 7.11 Å². The number of ether oxygens (including phenoxy) is 2. The predicted octanol–water partition coefficient (Wildman–Crippen LogP) is 1.93. The van der Waals surface area contributed by atoms with Gasteiger partial charge in [0, 0.05) is 32.3 Å². The lowest BCUT2D eigenvalue weighted by Gasteiger charge is -2.38. The summed E-state index contributed by atoms with van der Waals surface area (Å²) in [4.78, 5) is 14.6. The van der Waals surface area contributed by atoms with E-state index < -0.39 is 0 Å². The quantitative estimate of drug-likeness (QED) is 0.843. The van der Waals surface area contributed by atoms with Gasteiger partial charge >= 0.3 is 0 Å². The van der Waals surface area contributed by atoms with E-state index in [0.29, 0.717) is 18.6 Å². The second-order valence-corrected chi connectivity index (χ2v) is 6.58. The number of carbonyl (C=O) groups excluding carboxylic acids is 1. The van der Waals surface area contributed by atoms with Crippen molar-refractivity contribution >= 4 is 5.91 Å². The van der Waals surface area contributed by atoms with Gasteiger partial charge in [-0.15, -0.1) is 0 Å². The molecule has 5 heteroatoms.